The first-order chi connectivity index (χ1) is 5.27. The second kappa shape index (κ2) is 2.78. The second-order valence-electron chi connectivity index (χ2n) is 4.52. The molecule has 1 N–H and O–H groups in total. The molecule has 3 unspecified atom stereocenters. The van der Waals surface area contributed by atoms with Gasteiger partial charge in [-0.15, -0.1) is 0 Å². The molecule has 0 saturated heterocycles. The van der Waals surface area contributed by atoms with Crippen LogP contribution in [0.1, 0.15) is 39.5 Å². The molecule has 2 rings (SSSR count). The average Bonchev–Trinajstić information content (AvgIpc) is 2.65. The van der Waals surface area contributed by atoms with Crippen molar-refractivity contribution in [1.29, 1.82) is 0 Å². The Labute approximate surface area is 69.6 Å². The maximum absolute atomic E-state index is 3.67. The molecule has 0 aromatic rings. The van der Waals surface area contributed by atoms with E-state index in [2.05, 4.69) is 19.2 Å². The highest BCUT2D eigenvalue weighted by Crippen LogP contribution is 2.49. The topological polar surface area (TPSA) is 12.0 Å². The van der Waals surface area contributed by atoms with Gasteiger partial charge in [0.25, 0.3) is 0 Å². The van der Waals surface area contributed by atoms with Crippen molar-refractivity contribution in [3.8, 4) is 0 Å². The SMILES string of the molecule is CC(C)NC1CCCC2CC21. The molecule has 2 aliphatic carbocycles. The number of fused-ring (bicyclic) bond motifs is 1. The average molecular weight is 153 g/mol. The Kier molecular flexibility index (Phi) is 1.92. The van der Waals surface area contributed by atoms with E-state index in [4.69, 9.17) is 0 Å². The van der Waals surface area contributed by atoms with E-state index in [0.717, 1.165) is 17.9 Å². The van der Waals surface area contributed by atoms with E-state index in [9.17, 15) is 0 Å². The molecule has 0 radical (unpaired) electrons. The van der Waals surface area contributed by atoms with Crippen molar-refractivity contribution >= 4 is 0 Å². The molecule has 2 fully saturated rings. The van der Waals surface area contributed by atoms with E-state index in [0.29, 0.717) is 6.04 Å². The fourth-order valence-corrected chi connectivity index (χ4v) is 2.54. The molecule has 1 heteroatoms. The first-order valence-electron chi connectivity index (χ1n) is 5.03. The maximum Gasteiger partial charge on any atom is 0.0100 e. The lowest BCUT2D eigenvalue weighted by Crippen LogP contribution is -2.38. The molecule has 2 saturated carbocycles. The zero-order valence-electron chi connectivity index (χ0n) is 7.64. The highest BCUT2D eigenvalue weighted by atomic mass is 15.0. The third-order valence-electron chi connectivity index (χ3n) is 3.13. The van der Waals surface area contributed by atoms with Crippen LogP contribution in [-0.2, 0) is 0 Å². The molecule has 0 aliphatic heterocycles. The molecule has 3 atom stereocenters. The summed E-state index contributed by atoms with van der Waals surface area (Å²) in [6.07, 6.45) is 5.93. The lowest BCUT2D eigenvalue weighted by molar-refractivity contribution is 0.334. The summed E-state index contributed by atoms with van der Waals surface area (Å²) in [5.41, 5.74) is 0. The smallest absolute Gasteiger partial charge is 0.0100 e. The fourth-order valence-electron chi connectivity index (χ4n) is 2.54. The molecule has 0 heterocycles. The Hall–Kier alpha value is -0.0400. The highest BCUT2D eigenvalue weighted by Gasteiger charge is 2.44. The van der Waals surface area contributed by atoms with E-state index < -0.39 is 0 Å². The van der Waals surface area contributed by atoms with Gasteiger partial charge in [-0.1, -0.05) is 26.7 Å². The van der Waals surface area contributed by atoms with Crippen LogP contribution in [0.3, 0.4) is 0 Å². The predicted octanol–water partition coefficient (Wildman–Crippen LogP) is 2.17. The summed E-state index contributed by atoms with van der Waals surface area (Å²) in [7, 11) is 0. The van der Waals surface area contributed by atoms with Gasteiger partial charge in [0.1, 0.15) is 0 Å². The van der Waals surface area contributed by atoms with Crippen LogP contribution in [0.4, 0.5) is 0 Å². The van der Waals surface area contributed by atoms with Gasteiger partial charge in [0.2, 0.25) is 0 Å². The molecular formula is C10H19N. The first-order valence-corrected chi connectivity index (χ1v) is 5.03. The molecule has 0 spiro atoms. The molecule has 2 aliphatic rings. The Morgan fingerprint density at radius 2 is 2.09 bits per heavy atom. The Balaban J connectivity index is 1.83. The maximum atomic E-state index is 3.67. The van der Waals surface area contributed by atoms with Crippen LogP contribution in [0.5, 0.6) is 0 Å². The van der Waals surface area contributed by atoms with E-state index in [1.54, 1.807) is 0 Å². The first kappa shape index (κ1) is 7.60. The Morgan fingerprint density at radius 1 is 1.27 bits per heavy atom. The van der Waals surface area contributed by atoms with Crippen LogP contribution in [-0.4, -0.2) is 12.1 Å². The van der Waals surface area contributed by atoms with Gasteiger partial charge in [-0.05, 0) is 24.7 Å². The number of hydrogen-bond donors (Lipinski definition) is 1. The summed E-state index contributed by atoms with van der Waals surface area (Å²) in [6, 6.07) is 1.55. The fraction of sp³-hybridized carbons (Fsp3) is 1.00. The molecule has 0 aromatic carbocycles. The van der Waals surface area contributed by atoms with Gasteiger partial charge < -0.3 is 5.32 Å². The summed E-state index contributed by atoms with van der Waals surface area (Å²) >= 11 is 0. The number of hydrogen-bond acceptors (Lipinski definition) is 1. The largest absolute Gasteiger partial charge is 0.311 e. The zero-order chi connectivity index (χ0) is 7.84. The van der Waals surface area contributed by atoms with Crippen LogP contribution in [0.25, 0.3) is 0 Å². The number of nitrogens with one attached hydrogen (secondary N) is 1. The molecule has 0 amide bonds. The van der Waals surface area contributed by atoms with Crippen molar-refractivity contribution in [1.82, 2.24) is 5.32 Å². The standard InChI is InChI=1S/C10H19N/c1-7(2)11-10-5-3-4-8-6-9(8)10/h7-11H,3-6H2,1-2H3. The molecule has 11 heavy (non-hydrogen) atoms. The Bertz CT molecular complexity index is 142. The lowest BCUT2D eigenvalue weighted by Gasteiger charge is -2.24. The highest BCUT2D eigenvalue weighted by molar-refractivity contribution is 4.98. The van der Waals surface area contributed by atoms with Gasteiger partial charge in [0.15, 0.2) is 0 Å². The van der Waals surface area contributed by atoms with E-state index >= 15 is 0 Å². The van der Waals surface area contributed by atoms with Crippen molar-refractivity contribution in [2.45, 2.75) is 51.6 Å². The summed E-state index contributed by atoms with van der Waals surface area (Å²) in [5, 5.41) is 3.67. The second-order valence-corrected chi connectivity index (χ2v) is 4.52. The van der Waals surface area contributed by atoms with Crippen LogP contribution >= 0.6 is 0 Å². The summed E-state index contributed by atoms with van der Waals surface area (Å²) in [6.45, 7) is 4.51. The van der Waals surface area contributed by atoms with Crippen LogP contribution in [0.2, 0.25) is 0 Å². The third kappa shape index (κ3) is 1.58. The molecule has 0 aromatic heterocycles. The van der Waals surface area contributed by atoms with Crippen molar-refractivity contribution < 1.29 is 0 Å². The van der Waals surface area contributed by atoms with E-state index in [-0.39, 0.29) is 0 Å². The van der Waals surface area contributed by atoms with Crippen LogP contribution in [0.15, 0.2) is 0 Å². The minimum atomic E-state index is 0.680. The molecule has 0 bridgehead atoms. The van der Waals surface area contributed by atoms with Crippen LogP contribution in [0, 0.1) is 11.8 Å². The van der Waals surface area contributed by atoms with Gasteiger partial charge in [0, 0.05) is 12.1 Å². The van der Waals surface area contributed by atoms with Crippen LogP contribution < -0.4 is 5.32 Å². The van der Waals surface area contributed by atoms with Gasteiger partial charge >= 0.3 is 0 Å². The predicted molar refractivity (Wildman–Crippen MR) is 47.5 cm³/mol. The van der Waals surface area contributed by atoms with E-state index in [1.165, 1.54) is 25.7 Å². The van der Waals surface area contributed by atoms with E-state index in [1.807, 2.05) is 0 Å². The quantitative estimate of drug-likeness (QED) is 0.641. The minimum absolute atomic E-state index is 0.680. The summed E-state index contributed by atoms with van der Waals surface area (Å²) in [4.78, 5) is 0. The zero-order valence-corrected chi connectivity index (χ0v) is 7.64. The normalized spacial score (nSPS) is 42.3. The third-order valence-corrected chi connectivity index (χ3v) is 3.13. The van der Waals surface area contributed by atoms with Gasteiger partial charge in [0.05, 0.1) is 0 Å². The van der Waals surface area contributed by atoms with Crippen molar-refractivity contribution in [2.75, 3.05) is 0 Å². The van der Waals surface area contributed by atoms with Crippen molar-refractivity contribution in [2.24, 2.45) is 11.8 Å². The minimum Gasteiger partial charge on any atom is -0.311 e. The van der Waals surface area contributed by atoms with Gasteiger partial charge in [-0.2, -0.15) is 0 Å². The molecular weight excluding hydrogens is 134 g/mol. The monoisotopic (exact) mass is 153 g/mol. The number of rotatable bonds is 2. The molecule has 64 valence electrons. The lowest BCUT2D eigenvalue weighted by atomic mass is 9.95. The Morgan fingerprint density at radius 3 is 2.82 bits per heavy atom. The van der Waals surface area contributed by atoms with Gasteiger partial charge in [-0.3, -0.25) is 0 Å². The summed E-state index contributed by atoms with van der Waals surface area (Å²) in [5.74, 6) is 2.17. The summed E-state index contributed by atoms with van der Waals surface area (Å²) < 4.78 is 0. The van der Waals surface area contributed by atoms with Crippen molar-refractivity contribution in [3.05, 3.63) is 0 Å². The van der Waals surface area contributed by atoms with Gasteiger partial charge in [-0.25, -0.2) is 0 Å². The molecule has 1 nitrogen and oxygen atoms in total. The van der Waals surface area contributed by atoms with Crippen molar-refractivity contribution in [3.63, 3.8) is 0 Å².